The summed E-state index contributed by atoms with van der Waals surface area (Å²) in [6, 6.07) is 71.3. The van der Waals surface area contributed by atoms with Gasteiger partial charge in [0.25, 0.3) is 0 Å². The second kappa shape index (κ2) is 13.3. The molecule has 10 rings (SSSR count). The highest BCUT2D eigenvalue weighted by atomic mass is 14.2. The van der Waals surface area contributed by atoms with Crippen molar-refractivity contribution < 1.29 is 0 Å². The largest absolute Gasteiger partial charge is 0.0683 e. The van der Waals surface area contributed by atoms with Crippen LogP contribution in [-0.4, -0.2) is 0 Å². The van der Waals surface area contributed by atoms with Crippen LogP contribution < -0.4 is 0 Å². The molecular formula is C52H38. The molecule has 0 aliphatic heterocycles. The third kappa shape index (κ3) is 5.07. The van der Waals surface area contributed by atoms with Crippen LogP contribution in [0.3, 0.4) is 0 Å². The van der Waals surface area contributed by atoms with Gasteiger partial charge in [0.05, 0.1) is 0 Å². The molecule has 0 N–H and O–H groups in total. The minimum absolute atomic E-state index is 1.22. The zero-order valence-corrected chi connectivity index (χ0v) is 29.5. The van der Waals surface area contributed by atoms with Gasteiger partial charge in [-0.1, -0.05) is 202 Å². The fraction of sp³-hybridized carbons (Fsp3) is 0.0385. The molecule has 0 aliphatic rings. The van der Waals surface area contributed by atoms with Crippen molar-refractivity contribution in [2.75, 3.05) is 0 Å². The van der Waals surface area contributed by atoms with E-state index in [2.05, 4.69) is 194 Å². The molecule has 0 saturated heterocycles. The molecule has 10 aromatic carbocycles. The normalized spacial score (nSPS) is 11.3. The zero-order valence-electron chi connectivity index (χ0n) is 29.5. The third-order valence-corrected chi connectivity index (χ3v) is 10.4. The number of hydrogen-bond donors (Lipinski definition) is 0. The van der Waals surface area contributed by atoms with Crippen molar-refractivity contribution in [3.05, 3.63) is 194 Å². The van der Waals surface area contributed by atoms with Gasteiger partial charge in [0.2, 0.25) is 0 Å². The van der Waals surface area contributed by atoms with Crippen LogP contribution >= 0.6 is 0 Å². The molecule has 0 radical (unpaired) electrons. The molecule has 0 spiro atoms. The Morgan fingerprint density at radius 2 is 0.596 bits per heavy atom. The van der Waals surface area contributed by atoms with Crippen molar-refractivity contribution in [3.8, 4) is 44.5 Å². The number of hydrogen-bond acceptors (Lipinski definition) is 0. The van der Waals surface area contributed by atoms with E-state index in [9.17, 15) is 0 Å². The van der Waals surface area contributed by atoms with Gasteiger partial charge in [-0.15, -0.1) is 0 Å². The summed E-state index contributed by atoms with van der Waals surface area (Å²) >= 11 is 0. The average Bonchev–Trinajstić information content (AvgIpc) is 3.23. The van der Waals surface area contributed by atoms with Crippen LogP contribution in [0, 0.1) is 0 Å². The topological polar surface area (TPSA) is 0 Å². The van der Waals surface area contributed by atoms with Crippen LogP contribution in [0.1, 0.15) is 13.8 Å². The molecule has 246 valence electrons. The molecule has 0 saturated carbocycles. The van der Waals surface area contributed by atoms with Crippen molar-refractivity contribution in [2.45, 2.75) is 13.8 Å². The lowest BCUT2D eigenvalue weighted by Gasteiger charge is -2.21. The Morgan fingerprint density at radius 1 is 0.231 bits per heavy atom. The Hall–Kier alpha value is -6.50. The monoisotopic (exact) mass is 662 g/mol. The highest BCUT2D eigenvalue weighted by Crippen LogP contribution is 2.48. The van der Waals surface area contributed by atoms with Gasteiger partial charge in [-0.25, -0.2) is 0 Å². The van der Waals surface area contributed by atoms with E-state index in [4.69, 9.17) is 0 Å². The Labute approximate surface area is 305 Å². The predicted molar refractivity (Wildman–Crippen MR) is 227 cm³/mol. The maximum atomic E-state index is 2.46. The summed E-state index contributed by atoms with van der Waals surface area (Å²) in [5.41, 5.74) is 10.1. The Bertz CT molecular complexity index is 2840. The fourth-order valence-electron chi connectivity index (χ4n) is 8.34. The lowest BCUT2D eigenvalue weighted by molar-refractivity contribution is 1.50. The fourth-order valence-corrected chi connectivity index (χ4v) is 8.34. The number of benzene rings is 10. The van der Waals surface area contributed by atoms with Crippen LogP contribution in [0.15, 0.2) is 194 Å². The van der Waals surface area contributed by atoms with E-state index in [1.165, 1.54) is 98.4 Å². The lowest BCUT2D eigenvalue weighted by atomic mass is 9.82. The smallest absolute Gasteiger partial charge is 0.00201 e. The Morgan fingerprint density at radius 3 is 1.12 bits per heavy atom. The molecule has 0 unspecified atom stereocenters. The van der Waals surface area contributed by atoms with Gasteiger partial charge < -0.3 is 0 Å². The van der Waals surface area contributed by atoms with Crippen molar-refractivity contribution in [1.82, 2.24) is 0 Å². The van der Waals surface area contributed by atoms with Crippen molar-refractivity contribution in [3.63, 3.8) is 0 Å². The second-order valence-electron chi connectivity index (χ2n) is 13.2. The Balaban J connectivity index is 0.00000177. The molecule has 10 aromatic rings. The summed E-state index contributed by atoms with van der Waals surface area (Å²) in [5, 5.41) is 12.7. The maximum Gasteiger partial charge on any atom is -0.00201 e. The van der Waals surface area contributed by atoms with Gasteiger partial charge in [0, 0.05) is 0 Å². The van der Waals surface area contributed by atoms with Crippen LogP contribution in [-0.2, 0) is 0 Å². The van der Waals surface area contributed by atoms with Crippen LogP contribution in [0.4, 0.5) is 0 Å². The maximum absolute atomic E-state index is 2.46. The summed E-state index contributed by atoms with van der Waals surface area (Å²) in [7, 11) is 0. The Kier molecular flexibility index (Phi) is 8.07. The van der Waals surface area contributed by atoms with Crippen molar-refractivity contribution in [1.29, 1.82) is 0 Å². The first-order chi connectivity index (χ1) is 25.8. The van der Waals surface area contributed by atoms with Gasteiger partial charge in [0.15, 0.2) is 0 Å². The van der Waals surface area contributed by atoms with Gasteiger partial charge in [-0.3, -0.25) is 0 Å². The van der Waals surface area contributed by atoms with E-state index in [1.807, 2.05) is 13.8 Å². The minimum atomic E-state index is 1.22. The van der Waals surface area contributed by atoms with E-state index < -0.39 is 0 Å². The summed E-state index contributed by atoms with van der Waals surface area (Å²) in [5.74, 6) is 0. The van der Waals surface area contributed by atoms with Crippen molar-refractivity contribution in [2.24, 2.45) is 0 Å². The molecule has 0 heteroatoms. The predicted octanol–water partition coefficient (Wildman–Crippen LogP) is 15.1. The van der Waals surface area contributed by atoms with Gasteiger partial charge in [0.1, 0.15) is 0 Å². The molecule has 0 bridgehead atoms. The highest BCUT2D eigenvalue weighted by molar-refractivity contribution is 6.26. The van der Waals surface area contributed by atoms with Crippen LogP contribution in [0.25, 0.3) is 98.4 Å². The van der Waals surface area contributed by atoms with E-state index in [0.29, 0.717) is 0 Å². The average molecular weight is 663 g/mol. The quantitative estimate of drug-likeness (QED) is 0.165. The first kappa shape index (κ1) is 31.5. The summed E-state index contributed by atoms with van der Waals surface area (Å²) < 4.78 is 0. The molecule has 0 aromatic heterocycles. The number of rotatable bonds is 4. The van der Waals surface area contributed by atoms with Gasteiger partial charge in [-0.05, 0) is 104 Å². The molecule has 0 atom stereocenters. The second-order valence-corrected chi connectivity index (χ2v) is 13.2. The highest BCUT2D eigenvalue weighted by Gasteiger charge is 2.21. The standard InChI is InChI=1S/C50H32.C2H6/c1-3-17-34(18-4-1)47-39-23-9-10-24-40(39)48(35-19-5-2-6-20-35)46-32-36(30-31-45(46)47)49-41-25-11-13-27-43(41)50(44-28-14-12-26-42(44)49)38-29-15-21-33-16-7-8-22-37(33)38;1-2/h1-32H;1-2H3. The molecule has 0 fully saturated rings. The minimum Gasteiger partial charge on any atom is -0.0683 e. The molecule has 52 heavy (non-hydrogen) atoms. The van der Waals surface area contributed by atoms with Crippen LogP contribution in [0.5, 0.6) is 0 Å². The lowest BCUT2D eigenvalue weighted by Crippen LogP contribution is -1.93. The van der Waals surface area contributed by atoms with E-state index in [1.54, 1.807) is 0 Å². The van der Waals surface area contributed by atoms with E-state index in [0.717, 1.165) is 0 Å². The van der Waals surface area contributed by atoms with Gasteiger partial charge >= 0.3 is 0 Å². The SMILES string of the molecule is CC.c1ccc(-c2c3ccccc3c(-c3ccccc3)c3cc(-c4c5ccccc5c(-c5cccc6ccccc56)c5ccccc45)ccc23)cc1. The summed E-state index contributed by atoms with van der Waals surface area (Å²) in [6.45, 7) is 4.00. The third-order valence-electron chi connectivity index (χ3n) is 10.4. The molecule has 0 heterocycles. The summed E-state index contributed by atoms with van der Waals surface area (Å²) in [4.78, 5) is 0. The van der Waals surface area contributed by atoms with Crippen molar-refractivity contribution >= 4 is 53.9 Å². The molecule has 0 aliphatic carbocycles. The van der Waals surface area contributed by atoms with E-state index >= 15 is 0 Å². The first-order valence-electron chi connectivity index (χ1n) is 18.4. The number of fused-ring (bicyclic) bond motifs is 5. The molecule has 0 amide bonds. The molecule has 0 nitrogen and oxygen atoms in total. The van der Waals surface area contributed by atoms with E-state index in [-0.39, 0.29) is 0 Å². The van der Waals surface area contributed by atoms with Crippen LogP contribution in [0.2, 0.25) is 0 Å². The summed E-state index contributed by atoms with van der Waals surface area (Å²) in [6.07, 6.45) is 0. The van der Waals surface area contributed by atoms with Gasteiger partial charge in [-0.2, -0.15) is 0 Å². The first-order valence-corrected chi connectivity index (χ1v) is 18.4. The zero-order chi connectivity index (χ0) is 35.0. The molecular weight excluding hydrogens is 625 g/mol.